The fraction of sp³-hybridized carbons (Fsp3) is 0.174. The van der Waals surface area contributed by atoms with Crippen molar-refractivity contribution >= 4 is 11.7 Å². The van der Waals surface area contributed by atoms with Gasteiger partial charge in [0.15, 0.2) is 0 Å². The van der Waals surface area contributed by atoms with E-state index in [-0.39, 0.29) is 18.3 Å². The highest BCUT2D eigenvalue weighted by Crippen LogP contribution is 2.24. The summed E-state index contributed by atoms with van der Waals surface area (Å²) in [5, 5.41) is 22.6. The zero-order valence-electron chi connectivity index (χ0n) is 17.7. The monoisotopic (exact) mass is 430 g/mol. The molecule has 1 N–H and O–H groups in total. The second-order valence-electron chi connectivity index (χ2n) is 7.39. The normalized spacial score (nSPS) is 11.8. The van der Waals surface area contributed by atoms with Crippen molar-refractivity contribution < 1.29 is 9.72 Å². The Kier molecular flexibility index (Phi) is 5.80. The highest BCUT2D eigenvalue weighted by molar-refractivity contribution is 5.80. The van der Waals surface area contributed by atoms with Gasteiger partial charge in [0.1, 0.15) is 6.04 Å². The van der Waals surface area contributed by atoms with Crippen LogP contribution in [0.3, 0.4) is 0 Å². The van der Waals surface area contributed by atoms with Crippen molar-refractivity contribution in [1.29, 1.82) is 0 Å². The first-order valence-electron chi connectivity index (χ1n) is 10.1. The summed E-state index contributed by atoms with van der Waals surface area (Å²) in [6, 6.07) is 20.1. The maximum Gasteiger partial charge on any atom is 0.390 e. The van der Waals surface area contributed by atoms with Crippen LogP contribution < -0.4 is 5.32 Å². The summed E-state index contributed by atoms with van der Waals surface area (Å²) in [6.45, 7) is 3.59. The van der Waals surface area contributed by atoms with Gasteiger partial charge in [0.2, 0.25) is 5.91 Å². The molecule has 2 heterocycles. The molecule has 0 aliphatic rings. The Morgan fingerprint density at radius 2 is 1.75 bits per heavy atom. The number of carbonyl (C=O) groups excluding carboxylic acids is 1. The molecule has 0 saturated heterocycles. The molecule has 0 fully saturated rings. The van der Waals surface area contributed by atoms with E-state index in [9.17, 15) is 14.9 Å². The number of hydrogen-bond acceptors (Lipinski definition) is 5. The van der Waals surface area contributed by atoms with Gasteiger partial charge < -0.3 is 15.4 Å². The summed E-state index contributed by atoms with van der Waals surface area (Å²) >= 11 is 0. The van der Waals surface area contributed by atoms with Crippen molar-refractivity contribution in [3.63, 3.8) is 0 Å². The first-order valence-corrected chi connectivity index (χ1v) is 10.1. The second kappa shape index (κ2) is 8.84. The molecule has 0 bridgehead atoms. The lowest BCUT2D eigenvalue weighted by atomic mass is 10.1. The van der Waals surface area contributed by atoms with E-state index in [0.29, 0.717) is 5.69 Å². The molecule has 9 heteroatoms. The van der Waals surface area contributed by atoms with Gasteiger partial charge in [0.25, 0.3) is 0 Å². The molecule has 162 valence electrons. The van der Waals surface area contributed by atoms with Crippen molar-refractivity contribution in [3.05, 3.63) is 94.3 Å². The Morgan fingerprint density at radius 1 is 1.09 bits per heavy atom. The molecule has 0 spiro atoms. The van der Waals surface area contributed by atoms with E-state index in [1.54, 1.807) is 18.5 Å². The maximum absolute atomic E-state index is 12.8. The highest BCUT2D eigenvalue weighted by atomic mass is 16.6. The molecule has 4 aromatic rings. The van der Waals surface area contributed by atoms with Crippen molar-refractivity contribution in [2.75, 3.05) is 0 Å². The number of aryl methyl sites for hydroxylation is 1. The number of aromatic nitrogens is 4. The van der Waals surface area contributed by atoms with Gasteiger partial charge in [-0.3, -0.25) is 4.79 Å². The molecular formula is C23H22N6O3. The lowest BCUT2D eigenvalue weighted by Gasteiger charge is -2.11. The zero-order chi connectivity index (χ0) is 22.7. The Morgan fingerprint density at radius 3 is 2.38 bits per heavy atom. The SMILES string of the molecule is Cc1cc([N+](=O)[O-])nn1C(C)C(=O)NCc1cn(-c2ccccc2)nc1-c1ccccc1. The molecule has 0 saturated carbocycles. The topological polar surface area (TPSA) is 108 Å². The van der Waals surface area contributed by atoms with Crippen LogP contribution in [0.4, 0.5) is 5.82 Å². The van der Waals surface area contributed by atoms with Crippen molar-refractivity contribution in [2.45, 2.75) is 26.4 Å². The fourth-order valence-electron chi connectivity index (χ4n) is 3.48. The van der Waals surface area contributed by atoms with Crippen LogP contribution in [0.25, 0.3) is 16.9 Å². The Labute approximate surface area is 184 Å². The molecule has 0 aliphatic heterocycles. The van der Waals surface area contributed by atoms with Gasteiger partial charge in [0.05, 0.1) is 28.2 Å². The predicted octanol–water partition coefficient (Wildman–Crippen LogP) is 3.83. The minimum Gasteiger partial charge on any atom is -0.358 e. The van der Waals surface area contributed by atoms with Gasteiger partial charge in [-0.25, -0.2) is 4.68 Å². The number of benzene rings is 2. The van der Waals surface area contributed by atoms with E-state index in [2.05, 4.69) is 10.4 Å². The van der Waals surface area contributed by atoms with Gasteiger partial charge in [-0.2, -0.15) is 9.78 Å². The molecule has 32 heavy (non-hydrogen) atoms. The number of rotatable bonds is 7. The molecule has 2 aromatic carbocycles. The molecule has 1 unspecified atom stereocenters. The number of nitrogens with zero attached hydrogens (tertiary/aromatic N) is 5. The summed E-state index contributed by atoms with van der Waals surface area (Å²) in [5.74, 6) is -0.574. The molecule has 2 aromatic heterocycles. The van der Waals surface area contributed by atoms with Crippen molar-refractivity contribution in [3.8, 4) is 16.9 Å². The number of hydrogen-bond donors (Lipinski definition) is 1. The summed E-state index contributed by atoms with van der Waals surface area (Å²) in [6.07, 6.45) is 1.90. The number of carbonyl (C=O) groups is 1. The van der Waals surface area contributed by atoms with Gasteiger partial charge >= 0.3 is 5.82 Å². The molecule has 1 atom stereocenters. The van der Waals surface area contributed by atoms with Crippen molar-refractivity contribution in [2.24, 2.45) is 0 Å². The molecule has 1 amide bonds. The number of nitro groups is 1. The van der Waals surface area contributed by atoms with E-state index < -0.39 is 11.0 Å². The molecule has 0 radical (unpaired) electrons. The average molecular weight is 430 g/mol. The average Bonchev–Trinajstić information content (AvgIpc) is 3.42. The van der Waals surface area contributed by atoms with Gasteiger partial charge in [-0.1, -0.05) is 48.5 Å². The van der Waals surface area contributed by atoms with Crippen LogP contribution in [0.2, 0.25) is 0 Å². The minimum absolute atomic E-state index is 0.253. The van der Waals surface area contributed by atoms with E-state index in [0.717, 1.165) is 22.5 Å². The second-order valence-corrected chi connectivity index (χ2v) is 7.39. The minimum atomic E-state index is -0.701. The first-order chi connectivity index (χ1) is 15.4. The molecule has 4 rings (SSSR count). The number of nitrogens with one attached hydrogen (secondary N) is 1. The summed E-state index contributed by atoms with van der Waals surface area (Å²) in [5.41, 5.74) is 4.02. The number of amides is 1. The lowest BCUT2D eigenvalue weighted by molar-refractivity contribution is -0.389. The third-order valence-corrected chi connectivity index (χ3v) is 5.15. The lowest BCUT2D eigenvalue weighted by Crippen LogP contribution is -2.31. The summed E-state index contributed by atoms with van der Waals surface area (Å²) in [7, 11) is 0. The standard InChI is InChI=1S/C23H22N6O3/c1-16-13-21(29(31)32)25-28(16)17(2)23(30)24-14-19-15-27(20-11-7-4-8-12-20)26-22(19)18-9-5-3-6-10-18/h3-13,15,17H,14H2,1-2H3,(H,24,30). The van der Waals surface area contributed by atoms with E-state index in [4.69, 9.17) is 5.10 Å². The number of para-hydroxylation sites is 1. The van der Waals surface area contributed by atoms with Crippen molar-refractivity contribution in [1.82, 2.24) is 24.9 Å². The van der Waals surface area contributed by atoms with Crippen LogP contribution >= 0.6 is 0 Å². The molecule has 0 aliphatic carbocycles. The Hall–Kier alpha value is -4.27. The molecular weight excluding hydrogens is 408 g/mol. The smallest absolute Gasteiger partial charge is 0.358 e. The maximum atomic E-state index is 12.8. The Bertz CT molecular complexity index is 1250. The van der Waals surface area contributed by atoms with E-state index in [1.165, 1.54) is 10.7 Å². The quantitative estimate of drug-likeness (QED) is 0.354. The van der Waals surface area contributed by atoms with Crippen LogP contribution in [0.5, 0.6) is 0 Å². The third-order valence-electron chi connectivity index (χ3n) is 5.15. The largest absolute Gasteiger partial charge is 0.390 e. The summed E-state index contributed by atoms with van der Waals surface area (Å²) in [4.78, 5) is 23.2. The van der Waals surface area contributed by atoms with Crippen LogP contribution in [-0.2, 0) is 11.3 Å². The van der Waals surface area contributed by atoms with Crippen LogP contribution in [0.15, 0.2) is 72.9 Å². The third kappa shape index (κ3) is 4.27. The van der Waals surface area contributed by atoms with Crippen LogP contribution in [0, 0.1) is 17.0 Å². The highest BCUT2D eigenvalue weighted by Gasteiger charge is 2.25. The van der Waals surface area contributed by atoms with Crippen LogP contribution in [0.1, 0.15) is 24.2 Å². The van der Waals surface area contributed by atoms with Gasteiger partial charge in [0, 0.05) is 23.9 Å². The van der Waals surface area contributed by atoms with Gasteiger partial charge in [-0.15, -0.1) is 0 Å². The van der Waals surface area contributed by atoms with Gasteiger partial charge in [-0.05, 0) is 30.9 Å². The van der Waals surface area contributed by atoms with E-state index >= 15 is 0 Å². The predicted molar refractivity (Wildman–Crippen MR) is 119 cm³/mol. The summed E-state index contributed by atoms with van der Waals surface area (Å²) < 4.78 is 3.15. The van der Waals surface area contributed by atoms with E-state index in [1.807, 2.05) is 66.9 Å². The molecule has 9 nitrogen and oxygen atoms in total. The fourth-order valence-corrected chi connectivity index (χ4v) is 3.48. The van der Waals surface area contributed by atoms with Crippen LogP contribution in [-0.4, -0.2) is 30.4 Å². The Balaban J connectivity index is 1.57. The zero-order valence-corrected chi connectivity index (χ0v) is 17.7. The first kappa shape index (κ1) is 21.0.